The summed E-state index contributed by atoms with van der Waals surface area (Å²) in [5.41, 5.74) is 5.96. The summed E-state index contributed by atoms with van der Waals surface area (Å²) in [7, 11) is 2.07. The van der Waals surface area contributed by atoms with Gasteiger partial charge in [0.2, 0.25) is 0 Å². The lowest BCUT2D eigenvalue weighted by Gasteiger charge is -2.46. The molecule has 0 aromatic rings. The highest BCUT2D eigenvalue weighted by Gasteiger charge is 2.46. The number of nitrogens with zero attached hydrogens (tertiary/aromatic N) is 2. The van der Waals surface area contributed by atoms with Crippen LogP contribution in [0.2, 0.25) is 0 Å². The van der Waals surface area contributed by atoms with Gasteiger partial charge in [0.25, 0.3) is 5.92 Å². The summed E-state index contributed by atoms with van der Waals surface area (Å²) in [6.07, 6.45) is 1.82. The van der Waals surface area contributed by atoms with Crippen LogP contribution in [-0.4, -0.2) is 61.0 Å². The molecule has 2 aliphatic heterocycles. The number of alkyl halides is 2. The van der Waals surface area contributed by atoms with Crippen molar-refractivity contribution >= 4 is 0 Å². The number of rotatable bonds is 2. The van der Waals surface area contributed by atoms with Crippen molar-refractivity contribution in [1.29, 1.82) is 0 Å². The molecule has 2 rings (SSSR count). The molecule has 0 bridgehead atoms. The van der Waals surface area contributed by atoms with Gasteiger partial charge < -0.3 is 10.6 Å². The number of halogens is 2. The molecule has 15 heavy (non-hydrogen) atoms. The molecule has 0 unspecified atom stereocenters. The van der Waals surface area contributed by atoms with Crippen LogP contribution >= 0.6 is 0 Å². The summed E-state index contributed by atoms with van der Waals surface area (Å²) in [6, 6.07) is 0. The molecule has 3 nitrogen and oxygen atoms in total. The van der Waals surface area contributed by atoms with Crippen LogP contribution in [-0.2, 0) is 0 Å². The molecule has 0 aliphatic carbocycles. The van der Waals surface area contributed by atoms with Gasteiger partial charge in [0.15, 0.2) is 0 Å². The fraction of sp³-hybridized carbons (Fsp3) is 1.00. The molecule has 2 saturated heterocycles. The minimum Gasteiger partial charge on any atom is -0.324 e. The monoisotopic (exact) mass is 219 g/mol. The second-order valence-corrected chi connectivity index (χ2v) is 5.17. The largest absolute Gasteiger partial charge is 0.324 e. The number of piperidine rings is 1. The number of nitrogens with two attached hydrogens (primary N) is 1. The molecule has 0 saturated carbocycles. The first-order chi connectivity index (χ1) is 6.89. The van der Waals surface area contributed by atoms with Crippen LogP contribution in [0.25, 0.3) is 0 Å². The Morgan fingerprint density at radius 3 is 2.20 bits per heavy atom. The average molecular weight is 219 g/mol. The summed E-state index contributed by atoms with van der Waals surface area (Å²) in [5, 5.41) is 0. The maximum Gasteiger partial charge on any atom is 0.272 e. The lowest BCUT2D eigenvalue weighted by Crippen LogP contribution is -2.64. The molecule has 2 fully saturated rings. The first-order valence-electron chi connectivity index (χ1n) is 5.46. The summed E-state index contributed by atoms with van der Waals surface area (Å²) in [4.78, 5) is 4.00. The zero-order chi connectivity index (χ0) is 11.1. The molecular formula is C10H19F2N3. The van der Waals surface area contributed by atoms with E-state index >= 15 is 0 Å². The van der Waals surface area contributed by atoms with E-state index in [1.54, 1.807) is 4.90 Å². The van der Waals surface area contributed by atoms with E-state index < -0.39 is 5.92 Å². The highest BCUT2D eigenvalue weighted by atomic mass is 19.3. The molecule has 88 valence electrons. The van der Waals surface area contributed by atoms with Gasteiger partial charge in [-0.25, -0.2) is 8.78 Å². The zero-order valence-corrected chi connectivity index (χ0v) is 9.18. The normalized spacial score (nSPS) is 31.2. The molecule has 2 N–H and O–H groups in total. The first-order valence-corrected chi connectivity index (χ1v) is 5.46. The average Bonchev–Trinajstić information content (AvgIpc) is 2.08. The summed E-state index contributed by atoms with van der Waals surface area (Å²) >= 11 is 0. The quantitative estimate of drug-likeness (QED) is 0.728. The number of likely N-dealkylation sites (tertiary alicyclic amines) is 2. The maximum absolute atomic E-state index is 12.6. The SMILES string of the molecule is CN1CCC(N)(CN2CC(F)(F)C2)CC1. The molecule has 0 amide bonds. The fourth-order valence-electron chi connectivity index (χ4n) is 2.39. The van der Waals surface area contributed by atoms with E-state index in [-0.39, 0.29) is 18.6 Å². The number of hydrogen-bond donors (Lipinski definition) is 1. The van der Waals surface area contributed by atoms with Gasteiger partial charge in [-0.2, -0.15) is 0 Å². The topological polar surface area (TPSA) is 32.5 Å². The maximum atomic E-state index is 12.6. The molecule has 0 aromatic carbocycles. The highest BCUT2D eigenvalue weighted by Crippen LogP contribution is 2.29. The molecular weight excluding hydrogens is 200 g/mol. The Labute approximate surface area is 89.2 Å². The summed E-state index contributed by atoms with van der Waals surface area (Å²) in [6.45, 7) is 2.35. The van der Waals surface area contributed by atoms with Crippen LogP contribution in [0.5, 0.6) is 0 Å². The van der Waals surface area contributed by atoms with Crippen molar-refractivity contribution in [3.63, 3.8) is 0 Å². The molecule has 5 heteroatoms. The third-order valence-electron chi connectivity index (χ3n) is 3.43. The summed E-state index contributed by atoms with van der Waals surface area (Å²) < 4.78 is 25.3. The molecule has 0 aromatic heterocycles. The van der Waals surface area contributed by atoms with Crippen molar-refractivity contribution in [2.24, 2.45) is 5.73 Å². The minimum absolute atomic E-state index is 0.109. The van der Waals surface area contributed by atoms with Gasteiger partial charge in [-0.15, -0.1) is 0 Å². The minimum atomic E-state index is -2.47. The van der Waals surface area contributed by atoms with Gasteiger partial charge in [0, 0.05) is 12.1 Å². The Morgan fingerprint density at radius 2 is 1.73 bits per heavy atom. The number of hydrogen-bond acceptors (Lipinski definition) is 3. The molecule has 0 radical (unpaired) electrons. The van der Waals surface area contributed by atoms with Crippen molar-refractivity contribution in [2.75, 3.05) is 39.8 Å². The van der Waals surface area contributed by atoms with Gasteiger partial charge >= 0.3 is 0 Å². The van der Waals surface area contributed by atoms with Crippen molar-refractivity contribution in [2.45, 2.75) is 24.3 Å². The highest BCUT2D eigenvalue weighted by molar-refractivity contribution is 4.97. The van der Waals surface area contributed by atoms with E-state index in [2.05, 4.69) is 11.9 Å². The predicted molar refractivity (Wildman–Crippen MR) is 55.0 cm³/mol. The lowest BCUT2D eigenvalue weighted by molar-refractivity contribution is -0.137. The summed E-state index contributed by atoms with van der Waals surface area (Å²) in [5.74, 6) is -2.47. The smallest absolute Gasteiger partial charge is 0.272 e. The predicted octanol–water partition coefficient (Wildman–Crippen LogP) is 0.360. The Hall–Kier alpha value is -0.260. The van der Waals surface area contributed by atoms with Crippen molar-refractivity contribution < 1.29 is 8.78 Å². The zero-order valence-electron chi connectivity index (χ0n) is 9.18. The molecule has 0 spiro atoms. The van der Waals surface area contributed by atoms with Gasteiger partial charge in [-0.3, -0.25) is 4.90 Å². The second kappa shape index (κ2) is 3.64. The van der Waals surface area contributed by atoms with Crippen molar-refractivity contribution in [3.05, 3.63) is 0 Å². The second-order valence-electron chi connectivity index (χ2n) is 5.17. The van der Waals surface area contributed by atoms with E-state index in [4.69, 9.17) is 5.73 Å². The molecule has 2 aliphatic rings. The van der Waals surface area contributed by atoms with E-state index in [0.29, 0.717) is 6.54 Å². The standard InChI is InChI=1S/C10H19F2N3/c1-14-4-2-9(13,3-5-14)6-15-7-10(11,12)8-15/h2-8,13H2,1H3. The molecule has 0 atom stereocenters. The van der Waals surface area contributed by atoms with Gasteiger partial charge in [-0.05, 0) is 33.0 Å². The Kier molecular flexibility index (Phi) is 2.73. The third kappa shape index (κ3) is 2.65. The van der Waals surface area contributed by atoms with Crippen molar-refractivity contribution in [3.8, 4) is 0 Å². The van der Waals surface area contributed by atoms with Gasteiger partial charge in [0.05, 0.1) is 13.1 Å². The van der Waals surface area contributed by atoms with E-state index in [1.807, 2.05) is 0 Å². The first kappa shape index (κ1) is 11.2. The van der Waals surface area contributed by atoms with Crippen LogP contribution in [0.4, 0.5) is 8.78 Å². The van der Waals surface area contributed by atoms with E-state index in [9.17, 15) is 8.78 Å². The van der Waals surface area contributed by atoms with Crippen LogP contribution in [0.15, 0.2) is 0 Å². The Morgan fingerprint density at radius 1 is 1.20 bits per heavy atom. The van der Waals surface area contributed by atoms with Crippen LogP contribution < -0.4 is 5.73 Å². The van der Waals surface area contributed by atoms with Crippen LogP contribution in [0.3, 0.4) is 0 Å². The van der Waals surface area contributed by atoms with Crippen LogP contribution in [0, 0.1) is 0 Å². The molecule has 2 heterocycles. The Bertz CT molecular complexity index is 229. The van der Waals surface area contributed by atoms with Crippen LogP contribution in [0.1, 0.15) is 12.8 Å². The van der Waals surface area contributed by atoms with Gasteiger partial charge in [-0.1, -0.05) is 0 Å². The van der Waals surface area contributed by atoms with E-state index in [0.717, 1.165) is 25.9 Å². The van der Waals surface area contributed by atoms with Gasteiger partial charge in [0.1, 0.15) is 0 Å². The fourth-order valence-corrected chi connectivity index (χ4v) is 2.39. The Balaban J connectivity index is 1.79. The third-order valence-corrected chi connectivity index (χ3v) is 3.43. The van der Waals surface area contributed by atoms with Crippen molar-refractivity contribution in [1.82, 2.24) is 9.80 Å². The lowest BCUT2D eigenvalue weighted by atomic mass is 9.87. The van der Waals surface area contributed by atoms with E-state index in [1.165, 1.54) is 0 Å².